The van der Waals surface area contributed by atoms with E-state index in [1.54, 1.807) is 12.1 Å². The van der Waals surface area contributed by atoms with Gasteiger partial charge in [0.15, 0.2) is 0 Å². The second-order valence-electron chi connectivity index (χ2n) is 8.55. The van der Waals surface area contributed by atoms with Crippen LogP contribution in [0.5, 0.6) is 0 Å². The van der Waals surface area contributed by atoms with Crippen molar-refractivity contribution in [3.63, 3.8) is 0 Å². The largest absolute Gasteiger partial charge is 0.345 e. The first kappa shape index (κ1) is 18.1. The Morgan fingerprint density at radius 3 is 2.15 bits per heavy atom. The van der Waals surface area contributed by atoms with Crippen LogP contribution in [0.4, 0.5) is 5.69 Å². The number of anilines is 1. The summed E-state index contributed by atoms with van der Waals surface area (Å²) in [6.07, 6.45) is 7.63. The van der Waals surface area contributed by atoms with E-state index in [-0.39, 0.29) is 11.5 Å². The zero-order valence-electron chi connectivity index (χ0n) is 14.9. The van der Waals surface area contributed by atoms with E-state index >= 15 is 0 Å². The molecule has 0 aliphatic heterocycles. The molecule has 6 heteroatoms. The standard InChI is InChI=1S/C20H24Cl2N2O2/c1-11(20-8-12-4-13(9-20)6-14(5-12)10-20)23-18(25)19(26)24-17-3-2-15(21)7-16(17)22/h2-3,7,11-14H,4-6,8-10H2,1H3,(H,23,25)(H,24,26). The summed E-state index contributed by atoms with van der Waals surface area (Å²) in [5.74, 6) is 1.14. The molecule has 4 aliphatic rings. The highest BCUT2D eigenvalue weighted by molar-refractivity contribution is 6.42. The molecule has 4 bridgehead atoms. The number of hydrogen-bond acceptors (Lipinski definition) is 2. The summed E-state index contributed by atoms with van der Waals surface area (Å²) < 4.78 is 0. The predicted octanol–water partition coefficient (Wildman–Crippen LogP) is 4.65. The molecule has 1 aromatic carbocycles. The van der Waals surface area contributed by atoms with Gasteiger partial charge in [-0.3, -0.25) is 9.59 Å². The Hall–Kier alpha value is -1.26. The lowest BCUT2D eigenvalue weighted by Gasteiger charge is -2.59. The number of carbonyl (C=O) groups excluding carboxylic acids is 2. The smallest absolute Gasteiger partial charge is 0.313 e. The number of nitrogens with one attached hydrogen (secondary N) is 2. The van der Waals surface area contributed by atoms with Crippen molar-refractivity contribution in [1.29, 1.82) is 0 Å². The summed E-state index contributed by atoms with van der Waals surface area (Å²) in [5, 5.41) is 6.33. The number of halogens is 2. The van der Waals surface area contributed by atoms with Crippen LogP contribution in [0, 0.1) is 23.2 Å². The van der Waals surface area contributed by atoms with E-state index in [0.29, 0.717) is 15.7 Å². The van der Waals surface area contributed by atoms with Crippen LogP contribution in [0.1, 0.15) is 45.4 Å². The van der Waals surface area contributed by atoms with Crippen molar-refractivity contribution >= 4 is 40.7 Å². The monoisotopic (exact) mass is 394 g/mol. The van der Waals surface area contributed by atoms with Crippen molar-refractivity contribution in [3.8, 4) is 0 Å². The van der Waals surface area contributed by atoms with Gasteiger partial charge in [0.05, 0.1) is 10.7 Å². The average molecular weight is 395 g/mol. The topological polar surface area (TPSA) is 58.2 Å². The van der Waals surface area contributed by atoms with Crippen LogP contribution in [-0.2, 0) is 9.59 Å². The Balaban J connectivity index is 1.40. The maximum Gasteiger partial charge on any atom is 0.313 e. The molecular weight excluding hydrogens is 371 g/mol. The summed E-state index contributed by atoms with van der Waals surface area (Å²) >= 11 is 11.9. The molecule has 0 radical (unpaired) electrons. The molecule has 1 atom stereocenters. The lowest BCUT2D eigenvalue weighted by Crippen LogP contribution is -2.57. The maximum absolute atomic E-state index is 12.4. The van der Waals surface area contributed by atoms with Gasteiger partial charge in [-0.25, -0.2) is 0 Å². The minimum absolute atomic E-state index is 0.00911. The Morgan fingerprint density at radius 2 is 1.62 bits per heavy atom. The third kappa shape index (κ3) is 3.34. The van der Waals surface area contributed by atoms with Gasteiger partial charge in [0.25, 0.3) is 0 Å². The number of hydrogen-bond donors (Lipinski definition) is 2. The SMILES string of the molecule is CC(NC(=O)C(=O)Nc1ccc(Cl)cc1Cl)C12CC3CC(CC(C3)C1)C2. The predicted molar refractivity (Wildman–Crippen MR) is 103 cm³/mol. The number of amides is 2. The molecule has 0 aromatic heterocycles. The molecule has 4 fully saturated rings. The van der Waals surface area contributed by atoms with Gasteiger partial charge in [0, 0.05) is 11.1 Å². The molecule has 0 saturated heterocycles. The highest BCUT2D eigenvalue weighted by Gasteiger charge is 2.53. The zero-order chi connectivity index (χ0) is 18.5. The van der Waals surface area contributed by atoms with Crippen molar-refractivity contribution in [2.45, 2.75) is 51.5 Å². The molecule has 1 aromatic rings. The van der Waals surface area contributed by atoms with Gasteiger partial charge in [0.2, 0.25) is 0 Å². The lowest BCUT2D eigenvalue weighted by molar-refractivity contribution is -0.138. The molecule has 5 rings (SSSR count). The van der Waals surface area contributed by atoms with Crippen LogP contribution in [-0.4, -0.2) is 17.9 Å². The van der Waals surface area contributed by atoms with E-state index in [0.717, 1.165) is 17.8 Å². The lowest BCUT2D eigenvalue weighted by atomic mass is 9.48. The number of carbonyl (C=O) groups is 2. The Morgan fingerprint density at radius 1 is 1.04 bits per heavy atom. The van der Waals surface area contributed by atoms with Crippen LogP contribution in [0.3, 0.4) is 0 Å². The van der Waals surface area contributed by atoms with Gasteiger partial charge < -0.3 is 10.6 Å². The van der Waals surface area contributed by atoms with Crippen molar-refractivity contribution in [1.82, 2.24) is 5.32 Å². The van der Waals surface area contributed by atoms with E-state index < -0.39 is 11.8 Å². The molecular formula is C20H24Cl2N2O2. The summed E-state index contributed by atoms with van der Waals surface area (Å²) in [7, 11) is 0. The maximum atomic E-state index is 12.4. The molecule has 4 saturated carbocycles. The van der Waals surface area contributed by atoms with Crippen LogP contribution in [0.2, 0.25) is 10.0 Å². The highest BCUT2D eigenvalue weighted by atomic mass is 35.5. The zero-order valence-corrected chi connectivity index (χ0v) is 16.4. The van der Waals surface area contributed by atoms with Gasteiger partial charge in [-0.2, -0.15) is 0 Å². The van der Waals surface area contributed by atoms with Gasteiger partial charge in [-0.05, 0) is 86.8 Å². The van der Waals surface area contributed by atoms with Gasteiger partial charge in [-0.1, -0.05) is 23.2 Å². The molecule has 1 unspecified atom stereocenters. The van der Waals surface area contributed by atoms with Crippen molar-refractivity contribution in [2.75, 3.05) is 5.32 Å². The molecule has 4 aliphatic carbocycles. The van der Waals surface area contributed by atoms with Crippen LogP contribution < -0.4 is 10.6 Å². The minimum atomic E-state index is -0.689. The van der Waals surface area contributed by atoms with Gasteiger partial charge >= 0.3 is 11.8 Å². The fourth-order valence-corrected chi connectivity index (χ4v) is 6.35. The summed E-state index contributed by atoms with van der Waals surface area (Å²) in [5.41, 5.74) is 0.557. The first-order valence-electron chi connectivity index (χ1n) is 9.41. The van der Waals surface area contributed by atoms with Crippen molar-refractivity contribution < 1.29 is 9.59 Å². The number of benzene rings is 1. The first-order chi connectivity index (χ1) is 12.3. The third-order valence-electron chi connectivity index (χ3n) is 6.74. The molecule has 140 valence electrons. The minimum Gasteiger partial charge on any atom is -0.345 e. The van der Waals surface area contributed by atoms with E-state index in [1.807, 2.05) is 0 Å². The summed E-state index contributed by atoms with van der Waals surface area (Å²) in [4.78, 5) is 24.7. The third-order valence-corrected chi connectivity index (χ3v) is 7.29. The Labute approximate surface area is 164 Å². The normalized spacial score (nSPS) is 33.0. The van der Waals surface area contributed by atoms with Crippen LogP contribution in [0.25, 0.3) is 0 Å². The average Bonchev–Trinajstić information content (AvgIpc) is 2.56. The second kappa shape index (κ2) is 6.72. The van der Waals surface area contributed by atoms with Gasteiger partial charge in [-0.15, -0.1) is 0 Å². The van der Waals surface area contributed by atoms with E-state index in [4.69, 9.17) is 23.2 Å². The van der Waals surface area contributed by atoms with Crippen molar-refractivity contribution in [3.05, 3.63) is 28.2 Å². The van der Waals surface area contributed by atoms with E-state index in [9.17, 15) is 9.59 Å². The molecule has 26 heavy (non-hydrogen) atoms. The Kier molecular flexibility index (Phi) is 4.68. The molecule has 4 nitrogen and oxygen atoms in total. The van der Waals surface area contributed by atoms with Crippen molar-refractivity contribution in [2.24, 2.45) is 23.2 Å². The quantitative estimate of drug-likeness (QED) is 0.732. The van der Waals surface area contributed by atoms with Crippen LogP contribution in [0.15, 0.2) is 18.2 Å². The fraction of sp³-hybridized carbons (Fsp3) is 0.600. The molecule has 2 N–H and O–H groups in total. The fourth-order valence-electron chi connectivity index (χ4n) is 5.89. The highest BCUT2D eigenvalue weighted by Crippen LogP contribution is 2.61. The van der Waals surface area contributed by atoms with Gasteiger partial charge in [0.1, 0.15) is 0 Å². The number of rotatable bonds is 3. The van der Waals surface area contributed by atoms with E-state index in [2.05, 4.69) is 17.6 Å². The second-order valence-corrected chi connectivity index (χ2v) is 9.40. The Bertz CT molecular complexity index is 714. The summed E-state index contributed by atoms with van der Waals surface area (Å²) in [6.45, 7) is 2.06. The van der Waals surface area contributed by atoms with Crippen LogP contribution >= 0.6 is 23.2 Å². The first-order valence-corrected chi connectivity index (χ1v) is 10.2. The molecule has 2 amide bonds. The molecule has 0 spiro atoms. The summed E-state index contributed by atoms with van der Waals surface area (Å²) in [6, 6.07) is 4.77. The van der Waals surface area contributed by atoms with E-state index in [1.165, 1.54) is 44.6 Å². The molecule has 0 heterocycles.